The molecule has 0 fully saturated rings. The maximum absolute atomic E-state index is 4.15. The molecule has 1 unspecified atom stereocenters. The molecule has 0 saturated carbocycles. The lowest BCUT2D eigenvalue weighted by atomic mass is 10.1. The number of hydrazone groups is 1. The molecule has 0 radical (unpaired) electrons. The van der Waals surface area contributed by atoms with E-state index in [0.717, 1.165) is 0 Å². The molecule has 10 heavy (non-hydrogen) atoms. The lowest BCUT2D eigenvalue weighted by Crippen LogP contribution is -2.39. The van der Waals surface area contributed by atoms with Crippen molar-refractivity contribution in [3.05, 3.63) is 0 Å². The zero-order valence-corrected chi connectivity index (χ0v) is 7.07. The van der Waals surface area contributed by atoms with E-state index in [1.165, 1.54) is 0 Å². The van der Waals surface area contributed by atoms with Crippen molar-refractivity contribution >= 4 is 6.34 Å². The van der Waals surface area contributed by atoms with Crippen LogP contribution in [-0.4, -0.2) is 36.5 Å². The normalized spacial score (nSPS) is 25.1. The van der Waals surface area contributed by atoms with Crippen LogP contribution in [0.25, 0.3) is 0 Å². The molecular weight excluding hydrogens is 126 g/mol. The fourth-order valence-electron chi connectivity index (χ4n) is 1.46. The predicted molar refractivity (Wildman–Crippen MR) is 42.6 cm³/mol. The molecule has 1 atom stereocenters. The molecular formula is C7H15N3. The summed E-state index contributed by atoms with van der Waals surface area (Å²) in [6, 6.07) is 0. The molecule has 0 amide bonds. The summed E-state index contributed by atoms with van der Waals surface area (Å²) in [6.07, 6.45) is 2.31. The van der Waals surface area contributed by atoms with Gasteiger partial charge in [-0.05, 0) is 5.92 Å². The van der Waals surface area contributed by atoms with Crippen LogP contribution in [-0.2, 0) is 0 Å². The van der Waals surface area contributed by atoms with Gasteiger partial charge in [-0.25, -0.2) is 0 Å². The Kier molecular flexibility index (Phi) is 1.83. The lowest BCUT2D eigenvalue weighted by Gasteiger charge is -2.28. The third-order valence-corrected chi connectivity index (χ3v) is 1.81. The first-order valence-corrected chi connectivity index (χ1v) is 3.62. The van der Waals surface area contributed by atoms with Crippen molar-refractivity contribution < 1.29 is 0 Å². The zero-order valence-electron chi connectivity index (χ0n) is 7.07. The summed E-state index contributed by atoms with van der Waals surface area (Å²) in [7, 11) is 4.06. The molecule has 3 nitrogen and oxygen atoms in total. The molecule has 0 spiro atoms. The number of hydrogen-bond acceptors (Lipinski definition) is 3. The molecule has 0 N–H and O–H groups in total. The molecule has 0 aliphatic carbocycles. The van der Waals surface area contributed by atoms with Gasteiger partial charge in [0.25, 0.3) is 0 Å². The van der Waals surface area contributed by atoms with Crippen LogP contribution >= 0.6 is 0 Å². The van der Waals surface area contributed by atoms with Crippen LogP contribution < -0.4 is 0 Å². The smallest absolute Gasteiger partial charge is 0.120 e. The average Bonchev–Trinajstić information content (AvgIpc) is 2.11. The second-order valence-corrected chi connectivity index (χ2v) is 3.13. The van der Waals surface area contributed by atoms with Crippen LogP contribution in [0.15, 0.2) is 5.10 Å². The summed E-state index contributed by atoms with van der Waals surface area (Å²) in [5, 5.41) is 6.14. The van der Waals surface area contributed by atoms with Gasteiger partial charge in [0.2, 0.25) is 0 Å². The first-order chi connectivity index (χ1) is 4.63. The monoisotopic (exact) mass is 141 g/mol. The Morgan fingerprint density at radius 3 is 2.20 bits per heavy atom. The van der Waals surface area contributed by atoms with E-state index in [4.69, 9.17) is 0 Å². The minimum Gasteiger partial charge on any atom is -0.342 e. The van der Waals surface area contributed by atoms with E-state index in [0.29, 0.717) is 12.1 Å². The van der Waals surface area contributed by atoms with Gasteiger partial charge in [-0.2, -0.15) is 5.10 Å². The minimum atomic E-state index is 0.444. The van der Waals surface area contributed by atoms with E-state index >= 15 is 0 Å². The molecule has 1 heterocycles. The highest BCUT2D eigenvalue weighted by molar-refractivity contribution is 5.56. The predicted octanol–water partition coefficient (Wildman–Crippen LogP) is 0.789. The van der Waals surface area contributed by atoms with Crippen LogP contribution in [0.3, 0.4) is 0 Å². The second kappa shape index (κ2) is 2.48. The van der Waals surface area contributed by atoms with Gasteiger partial charge < -0.3 is 4.90 Å². The molecule has 0 aromatic carbocycles. The Morgan fingerprint density at radius 1 is 1.40 bits per heavy atom. The maximum atomic E-state index is 4.15. The highest BCUT2D eigenvalue weighted by Gasteiger charge is 2.24. The van der Waals surface area contributed by atoms with E-state index < -0.39 is 0 Å². The molecule has 1 aliphatic rings. The second-order valence-electron chi connectivity index (χ2n) is 3.13. The fourth-order valence-corrected chi connectivity index (χ4v) is 1.46. The Balaban J connectivity index is 2.60. The fraction of sp³-hybridized carbons (Fsp3) is 0.857. The Bertz CT molecular complexity index is 130. The van der Waals surface area contributed by atoms with Crippen molar-refractivity contribution in [1.29, 1.82) is 0 Å². The Morgan fingerprint density at radius 2 is 2.00 bits per heavy atom. The van der Waals surface area contributed by atoms with Gasteiger partial charge >= 0.3 is 0 Å². The maximum Gasteiger partial charge on any atom is 0.120 e. The van der Waals surface area contributed by atoms with Crippen molar-refractivity contribution in [3.8, 4) is 0 Å². The molecule has 3 heteroatoms. The molecule has 0 aromatic rings. The summed E-state index contributed by atoms with van der Waals surface area (Å²) in [6.45, 7) is 4.40. The molecule has 1 rings (SSSR count). The third-order valence-electron chi connectivity index (χ3n) is 1.81. The van der Waals surface area contributed by atoms with Gasteiger partial charge in [-0.15, -0.1) is 0 Å². The molecule has 58 valence electrons. The topological polar surface area (TPSA) is 18.8 Å². The highest BCUT2D eigenvalue weighted by Crippen LogP contribution is 2.15. The van der Waals surface area contributed by atoms with Crippen molar-refractivity contribution in [2.24, 2.45) is 11.0 Å². The third kappa shape index (κ3) is 1.08. The van der Waals surface area contributed by atoms with Crippen LogP contribution in [0.2, 0.25) is 0 Å². The summed E-state index contributed by atoms with van der Waals surface area (Å²) in [5.41, 5.74) is 0. The SMILES string of the molecule is CC(C)C1N(C)C=NN1C. The zero-order chi connectivity index (χ0) is 7.72. The van der Waals surface area contributed by atoms with E-state index in [-0.39, 0.29) is 0 Å². The van der Waals surface area contributed by atoms with E-state index in [1.807, 2.05) is 18.4 Å². The Hall–Kier alpha value is -0.730. The summed E-state index contributed by atoms with van der Waals surface area (Å²) >= 11 is 0. The minimum absolute atomic E-state index is 0.444. The number of rotatable bonds is 1. The van der Waals surface area contributed by atoms with Gasteiger partial charge in [0.05, 0.1) is 0 Å². The van der Waals surface area contributed by atoms with Crippen molar-refractivity contribution in [2.45, 2.75) is 20.0 Å². The molecule has 0 saturated heterocycles. The van der Waals surface area contributed by atoms with Crippen molar-refractivity contribution in [1.82, 2.24) is 9.91 Å². The van der Waals surface area contributed by atoms with Gasteiger partial charge in [0.15, 0.2) is 0 Å². The summed E-state index contributed by atoms with van der Waals surface area (Å²) in [4.78, 5) is 2.13. The van der Waals surface area contributed by atoms with Crippen molar-refractivity contribution in [3.63, 3.8) is 0 Å². The van der Waals surface area contributed by atoms with Gasteiger partial charge in [-0.3, -0.25) is 5.01 Å². The quantitative estimate of drug-likeness (QED) is 0.537. The Labute approximate surface area is 62.3 Å². The highest BCUT2D eigenvalue weighted by atomic mass is 15.6. The van der Waals surface area contributed by atoms with E-state index in [1.54, 1.807) is 0 Å². The van der Waals surface area contributed by atoms with Gasteiger partial charge in [-0.1, -0.05) is 13.8 Å². The van der Waals surface area contributed by atoms with Crippen molar-refractivity contribution in [2.75, 3.05) is 14.1 Å². The first kappa shape index (κ1) is 7.38. The average molecular weight is 141 g/mol. The van der Waals surface area contributed by atoms with E-state index in [9.17, 15) is 0 Å². The first-order valence-electron chi connectivity index (χ1n) is 3.62. The number of hydrogen-bond donors (Lipinski definition) is 0. The van der Waals surface area contributed by atoms with Crippen LogP contribution in [0.5, 0.6) is 0 Å². The molecule has 0 bridgehead atoms. The summed E-state index contributed by atoms with van der Waals surface area (Å²) in [5.74, 6) is 0.623. The van der Waals surface area contributed by atoms with Gasteiger partial charge in [0, 0.05) is 14.1 Å². The molecule has 1 aliphatic heterocycles. The van der Waals surface area contributed by atoms with Crippen LogP contribution in [0, 0.1) is 5.92 Å². The van der Waals surface area contributed by atoms with Gasteiger partial charge in [0.1, 0.15) is 12.5 Å². The lowest BCUT2D eigenvalue weighted by molar-refractivity contribution is 0.131. The van der Waals surface area contributed by atoms with Crippen LogP contribution in [0.1, 0.15) is 13.8 Å². The van der Waals surface area contributed by atoms with E-state index in [2.05, 4.69) is 30.9 Å². The number of nitrogens with zero attached hydrogens (tertiary/aromatic N) is 3. The van der Waals surface area contributed by atoms with Crippen LogP contribution in [0.4, 0.5) is 0 Å². The molecule has 0 aromatic heterocycles. The standard InChI is InChI=1S/C7H15N3/c1-6(2)7-9(3)5-8-10(7)4/h5-7H,1-4H3. The largest absolute Gasteiger partial charge is 0.342 e. The summed E-state index contributed by atoms with van der Waals surface area (Å²) < 4.78 is 0.